The van der Waals surface area contributed by atoms with Gasteiger partial charge in [-0.3, -0.25) is 13.9 Å². The molecule has 39 heavy (non-hydrogen) atoms. The van der Waals surface area contributed by atoms with E-state index in [2.05, 4.69) is 5.32 Å². The normalized spacial score (nSPS) is 12.0. The molecular weight excluding hydrogens is 541 g/mol. The lowest BCUT2D eigenvalue weighted by Crippen LogP contribution is -2.51. The van der Waals surface area contributed by atoms with Gasteiger partial charge in [0, 0.05) is 23.7 Å². The van der Waals surface area contributed by atoms with Crippen molar-refractivity contribution in [2.45, 2.75) is 51.1 Å². The molecule has 7 nitrogen and oxygen atoms in total. The summed E-state index contributed by atoms with van der Waals surface area (Å²) in [6, 6.07) is 17.4. The van der Waals surface area contributed by atoms with Crippen LogP contribution in [-0.4, -0.2) is 44.3 Å². The van der Waals surface area contributed by atoms with Crippen molar-refractivity contribution in [1.82, 2.24) is 10.2 Å². The second-order valence-electron chi connectivity index (χ2n) is 9.24. The highest BCUT2D eigenvalue weighted by molar-refractivity contribution is 7.92. The van der Waals surface area contributed by atoms with Crippen molar-refractivity contribution in [3.8, 4) is 0 Å². The first-order valence-electron chi connectivity index (χ1n) is 12.7. The standard InChI is InChI=1S/C29H33ClFN3O4S/c1-4-5-17-32-29(36)22(3)33(19-23-10-6-7-12-27(23)31)28(35)20-34(25-11-8-9-21(2)18-25)39(37,38)26-15-13-24(30)14-16-26/h6-16,18,22H,4-5,17,19-20H2,1-3H3,(H,32,36). The highest BCUT2D eigenvalue weighted by Crippen LogP contribution is 2.26. The number of halogens is 2. The maximum atomic E-state index is 14.6. The predicted octanol–water partition coefficient (Wildman–Crippen LogP) is 5.32. The Hall–Kier alpha value is -3.43. The SMILES string of the molecule is CCCCNC(=O)C(C)N(Cc1ccccc1F)C(=O)CN(c1cccc(C)c1)S(=O)(=O)c1ccc(Cl)cc1. The Morgan fingerprint density at radius 1 is 1.03 bits per heavy atom. The first kappa shape index (κ1) is 30.1. The molecule has 0 aliphatic heterocycles. The molecule has 0 spiro atoms. The Morgan fingerprint density at radius 2 is 1.72 bits per heavy atom. The predicted molar refractivity (Wildman–Crippen MR) is 151 cm³/mol. The topological polar surface area (TPSA) is 86.8 Å². The summed E-state index contributed by atoms with van der Waals surface area (Å²) in [6.07, 6.45) is 1.64. The number of aryl methyl sites for hydroxylation is 1. The molecule has 1 N–H and O–H groups in total. The lowest BCUT2D eigenvalue weighted by Gasteiger charge is -2.32. The summed E-state index contributed by atoms with van der Waals surface area (Å²) in [5, 5.41) is 3.17. The molecule has 0 saturated carbocycles. The Balaban J connectivity index is 2.01. The van der Waals surface area contributed by atoms with Crippen LogP contribution in [-0.2, 0) is 26.2 Å². The van der Waals surface area contributed by atoms with Crippen LogP contribution in [0.5, 0.6) is 0 Å². The summed E-state index contributed by atoms with van der Waals surface area (Å²) >= 11 is 5.97. The molecule has 0 radical (unpaired) electrons. The molecule has 0 bridgehead atoms. The number of sulfonamides is 1. The van der Waals surface area contributed by atoms with Gasteiger partial charge in [-0.2, -0.15) is 0 Å². The van der Waals surface area contributed by atoms with Gasteiger partial charge < -0.3 is 10.2 Å². The fourth-order valence-corrected chi connectivity index (χ4v) is 5.51. The number of hydrogen-bond donors (Lipinski definition) is 1. The molecule has 0 aliphatic carbocycles. The van der Waals surface area contributed by atoms with Gasteiger partial charge in [-0.05, 0) is 68.3 Å². The molecule has 208 valence electrons. The number of amides is 2. The van der Waals surface area contributed by atoms with E-state index in [9.17, 15) is 22.4 Å². The molecule has 2 amide bonds. The maximum absolute atomic E-state index is 14.6. The number of benzene rings is 3. The molecule has 1 unspecified atom stereocenters. The van der Waals surface area contributed by atoms with Crippen LogP contribution in [0.3, 0.4) is 0 Å². The lowest BCUT2D eigenvalue weighted by atomic mass is 10.1. The highest BCUT2D eigenvalue weighted by atomic mass is 35.5. The van der Waals surface area contributed by atoms with E-state index in [4.69, 9.17) is 11.6 Å². The van der Waals surface area contributed by atoms with Crippen LogP contribution in [0.4, 0.5) is 10.1 Å². The van der Waals surface area contributed by atoms with Crippen LogP contribution < -0.4 is 9.62 Å². The fourth-order valence-electron chi connectivity index (χ4n) is 3.97. The van der Waals surface area contributed by atoms with Gasteiger partial charge in [0.2, 0.25) is 11.8 Å². The molecular formula is C29H33ClFN3O4S. The van der Waals surface area contributed by atoms with Gasteiger partial charge in [0.15, 0.2) is 0 Å². The minimum absolute atomic E-state index is 0.0489. The van der Waals surface area contributed by atoms with Crippen LogP contribution in [0.15, 0.2) is 77.7 Å². The third-order valence-corrected chi connectivity index (χ3v) is 8.31. The van der Waals surface area contributed by atoms with E-state index in [0.717, 1.165) is 22.7 Å². The summed E-state index contributed by atoms with van der Waals surface area (Å²) in [6.45, 7) is 4.97. The van der Waals surface area contributed by atoms with Gasteiger partial charge >= 0.3 is 0 Å². The molecule has 0 aliphatic rings. The van der Waals surface area contributed by atoms with Crippen LogP contribution in [0.25, 0.3) is 0 Å². The number of unbranched alkanes of at least 4 members (excludes halogenated alkanes) is 1. The first-order chi connectivity index (χ1) is 18.5. The van der Waals surface area contributed by atoms with Crippen molar-refractivity contribution < 1.29 is 22.4 Å². The molecule has 10 heteroatoms. The summed E-state index contributed by atoms with van der Waals surface area (Å²) in [5.41, 5.74) is 1.29. The number of rotatable bonds is 12. The largest absolute Gasteiger partial charge is 0.354 e. The molecule has 0 saturated heterocycles. The van der Waals surface area contributed by atoms with Gasteiger partial charge in [-0.1, -0.05) is 55.3 Å². The van der Waals surface area contributed by atoms with Crippen molar-refractivity contribution in [2.75, 3.05) is 17.4 Å². The van der Waals surface area contributed by atoms with Gasteiger partial charge in [-0.15, -0.1) is 0 Å². The summed E-state index contributed by atoms with van der Waals surface area (Å²) in [5.74, 6) is -1.59. The molecule has 3 aromatic carbocycles. The minimum Gasteiger partial charge on any atom is -0.354 e. The maximum Gasteiger partial charge on any atom is 0.264 e. The van der Waals surface area contributed by atoms with E-state index >= 15 is 0 Å². The molecule has 3 aromatic rings. The van der Waals surface area contributed by atoms with E-state index in [0.29, 0.717) is 11.6 Å². The zero-order valence-corrected chi connectivity index (χ0v) is 23.8. The second kappa shape index (κ2) is 13.6. The van der Waals surface area contributed by atoms with E-state index < -0.39 is 40.2 Å². The van der Waals surface area contributed by atoms with Gasteiger partial charge in [-0.25, -0.2) is 12.8 Å². The zero-order valence-electron chi connectivity index (χ0n) is 22.2. The molecule has 0 fully saturated rings. The number of carbonyl (C=O) groups excluding carboxylic acids is 2. The monoisotopic (exact) mass is 573 g/mol. The molecule has 0 heterocycles. The molecule has 3 rings (SSSR count). The van der Waals surface area contributed by atoms with E-state index in [1.807, 2.05) is 19.9 Å². The number of anilines is 1. The lowest BCUT2D eigenvalue weighted by molar-refractivity contribution is -0.139. The van der Waals surface area contributed by atoms with Crippen LogP contribution in [0.2, 0.25) is 5.02 Å². The average molecular weight is 574 g/mol. The van der Waals surface area contributed by atoms with Gasteiger partial charge in [0.1, 0.15) is 18.4 Å². The Kier molecular flexibility index (Phi) is 10.5. The quantitative estimate of drug-likeness (QED) is 0.297. The zero-order chi connectivity index (χ0) is 28.6. The number of nitrogens with one attached hydrogen (secondary N) is 1. The number of nitrogens with zero attached hydrogens (tertiary/aromatic N) is 2. The van der Waals surface area contributed by atoms with Crippen LogP contribution >= 0.6 is 11.6 Å². The van der Waals surface area contributed by atoms with Crippen LogP contribution in [0, 0.1) is 12.7 Å². The Morgan fingerprint density at radius 3 is 2.36 bits per heavy atom. The third kappa shape index (κ3) is 7.80. The molecule has 1 atom stereocenters. The first-order valence-corrected chi connectivity index (χ1v) is 14.5. The average Bonchev–Trinajstić information content (AvgIpc) is 2.91. The van der Waals surface area contributed by atoms with Gasteiger partial charge in [0.05, 0.1) is 10.6 Å². The third-order valence-electron chi connectivity index (χ3n) is 6.27. The van der Waals surface area contributed by atoms with Crippen molar-refractivity contribution in [3.63, 3.8) is 0 Å². The number of carbonyl (C=O) groups is 2. The fraction of sp³-hybridized carbons (Fsp3) is 0.310. The molecule has 0 aromatic heterocycles. The van der Waals surface area contributed by atoms with E-state index in [1.165, 1.54) is 47.4 Å². The summed E-state index contributed by atoms with van der Waals surface area (Å²) in [4.78, 5) is 27.9. The Bertz CT molecular complexity index is 1400. The number of hydrogen-bond acceptors (Lipinski definition) is 4. The van der Waals surface area contributed by atoms with Crippen molar-refractivity contribution in [2.24, 2.45) is 0 Å². The summed E-state index contributed by atoms with van der Waals surface area (Å²) in [7, 11) is -4.21. The smallest absolute Gasteiger partial charge is 0.264 e. The van der Waals surface area contributed by atoms with E-state index in [-0.39, 0.29) is 22.7 Å². The van der Waals surface area contributed by atoms with E-state index in [1.54, 1.807) is 31.2 Å². The van der Waals surface area contributed by atoms with Crippen molar-refractivity contribution in [1.29, 1.82) is 0 Å². The van der Waals surface area contributed by atoms with Crippen molar-refractivity contribution >= 4 is 39.1 Å². The summed E-state index contributed by atoms with van der Waals surface area (Å²) < 4.78 is 43.1. The van der Waals surface area contributed by atoms with Gasteiger partial charge in [0.25, 0.3) is 10.0 Å². The second-order valence-corrected chi connectivity index (χ2v) is 11.5. The Labute approximate surface area is 234 Å². The highest BCUT2D eigenvalue weighted by Gasteiger charge is 2.32. The van der Waals surface area contributed by atoms with Crippen LogP contribution in [0.1, 0.15) is 37.8 Å². The minimum atomic E-state index is -4.21. The van der Waals surface area contributed by atoms with Crippen molar-refractivity contribution in [3.05, 3.63) is 94.8 Å².